The first kappa shape index (κ1) is 14.9. The van der Waals surface area contributed by atoms with E-state index in [1.54, 1.807) is 13.8 Å². The van der Waals surface area contributed by atoms with Gasteiger partial charge in [-0.1, -0.05) is 27.2 Å². The Morgan fingerprint density at radius 3 is 2.28 bits per heavy atom. The molecule has 1 rings (SSSR count). The molecule has 0 aliphatic heterocycles. The molecule has 0 heterocycles. The number of rotatable bonds is 4. The first-order valence-corrected chi connectivity index (χ1v) is 6.20. The number of hydrogen-bond acceptors (Lipinski definition) is 1. The number of unbranched alkanes of at least 4 members (excludes halogenated alkanes) is 1. The number of phenolic OH excluding ortho intramolecular Hbond substituents is 1. The molecule has 0 aromatic heterocycles. The minimum atomic E-state index is -4.37. The molecule has 0 fully saturated rings. The van der Waals surface area contributed by atoms with Gasteiger partial charge in [-0.25, -0.2) is 0 Å². The maximum atomic E-state index is 13.0. The topological polar surface area (TPSA) is 20.2 Å². The predicted octanol–water partition coefficient (Wildman–Crippen LogP) is 4.88. The molecule has 1 nitrogen and oxygen atoms in total. The highest BCUT2D eigenvalue weighted by Crippen LogP contribution is 2.38. The lowest BCUT2D eigenvalue weighted by Gasteiger charge is -2.18. The van der Waals surface area contributed by atoms with Gasteiger partial charge in [0.1, 0.15) is 5.75 Å². The van der Waals surface area contributed by atoms with Gasteiger partial charge in [0, 0.05) is 0 Å². The average molecular weight is 260 g/mol. The second-order valence-corrected chi connectivity index (χ2v) is 4.82. The Labute approximate surface area is 106 Å². The van der Waals surface area contributed by atoms with Crippen LogP contribution < -0.4 is 0 Å². The van der Waals surface area contributed by atoms with E-state index >= 15 is 0 Å². The van der Waals surface area contributed by atoms with Gasteiger partial charge in [-0.3, -0.25) is 0 Å². The molecule has 0 aliphatic carbocycles. The molecule has 1 N–H and O–H groups in total. The van der Waals surface area contributed by atoms with Crippen LogP contribution in [0.25, 0.3) is 0 Å². The van der Waals surface area contributed by atoms with Crippen LogP contribution in [0.15, 0.2) is 12.1 Å². The summed E-state index contributed by atoms with van der Waals surface area (Å²) in [7, 11) is 0. The van der Waals surface area contributed by atoms with Crippen molar-refractivity contribution in [2.24, 2.45) is 0 Å². The minimum absolute atomic E-state index is 0.0276. The second kappa shape index (κ2) is 5.63. The summed E-state index contributed by atoms with van der Waals surface area (Å²) in [6.45, 7) is 5.34. The Bertz CT molecular complexity index is 408. The first-order chi connectivity index (χ1) is 8.27. The monoisotopic (exact) mass is 260 g/mol. The molecule has 102 valence electrons. The van der Waals surface area contributed by atoms with Gasteiger partial charge in [-0.15, -0.1) is 0 Å². The summed E-state index contributed by atoms with van der Waals surface area (Å²) >= 11 is 0. The molecule has 0 bridgehead atoms. The van der Waals surface area contributed by atoms with Crippen molar-refractivity contribution in [1.29, 1.82) is 0 Å². The van der Waals surface area contributed by atoms with E-state index in [4.69, 9.17) is 0 Å². The lowest BCUT2D eigenvalue weighted by Crippen LogP contribution is -2.11. The lowest BCUT2D eigenvalue weighted by molar-refractivity contribution is -0.138. The first-order valence-electron chi connectivity index (χ1n) is 6.20. The maximum absolute atomic E-state index is 13.0. The zero-order valence-electron chi connectivity index (χ0n) is 10.9. The van der Waals surface area contributed by atoms with Gasteiger partial charge in [-0.2, -0.15) is 13.2 Å². The predicted molar refractivity (Wildman–Crippen MR) is 65.8 cm³/mol. The summed E-state index contributed by atoms with van der Waals surface area (Å²) in [4.78, 5) is 0. The summed E-state index contributed by atoms with van der Waals surface area (Å²) in [5, 5.41) is 9.79. The SMILES string of the molecule is CCCCc1cc(C(F)(F)F)c(C(C)C)cc1O. The maximum Gasteiger partial charge on any atom is 0.416 e. The summed E-state index contributed by atoms with van der Waals surface area (Å²) in [6, 6.07) is 2.36. The number of phenols is 1. The highest BCUT2D eigenvalue weighted by atomic mass is 19.4. The second-order valence-electron chi connectivity index (χ2n) is 4.82. The third kappa shape index (κ3) is 3.40. The molecule has 1 aromatic rings. The molecule has 18 heavy (non-hydrogen) atoms. The van der Waals surface area contributed by atoms with E-state index in [1.165, 1.54) is 6.07 Å². The van der Waals surface area contributed by atoms with Crippen LogP contribution in [0.1, 0.15) is 56.2 Å². The Balaban J connectivity index is 3.27. The number of alkyl halides is 3. The number of aryl methyl sites for hydroxylation is 1. The Morgan fingerprint density at radius 1 is 1.22 bits per heavy atom. The summed E-state index contributed by atoms with van der Waals surface area (Å²) < 4.78 is 38.9. The van der Waals surface area contributed by atoms with Crippen LogP contribution in [0.3, 0.4) is 0 Å². The third-order valence-corrected chi connectivity index (χ3v) is 2.98. The average Bonchev–Trinajstić information content (AvgIpc) is 2.25. The van der Waals surface area contributed by atoms with E-state index in [2.05, 4.69) is 0 Å². The van der Waals surface area contributed by atoms with Crippen molar-refractivity contribution >= 4 is 0 Å². The fourth-order valence-corrected chi connectivity index (χ4v) is 1.94. The van der Waals surface area contributed by atoms with E-state index in [0.29, 0.717) is 12.0 Å². The van der Waals surface area contributed by atoms with Gasteiger partial charge >= 0.3 is 6.18 Å². The quantitative estimate of drug-likeness (QED) is 0.818. The van der Waals surface area contributed by atoms with E-state index in [9.17, 15) is 18.3 Å². The van der Waals surface area contributed by atoms with Crippen molar-refractivity contribution in [2.45, 2.75) is 52.1 Å². The van der Waals surface area contributed by atoms with Crippen LogP contribution in [0.5, 0.6) is 5.75 Å². The molecule has 1 aromatic carbocycles. The highest BCUT2D eigenvalue weighted by molar-refractivity contribution is 5.44. The van der Waals surface area contributed by atoms with Crippen molar-refractivity contribution in [3.05, 3.63) is 28.8 Å². The molecule has 0 aliphatic rings. The van der Waals surface area contributed by atoms with Gasteiger partial charge in [0.05, 0.1) is 5.56 Å². The van der Waals surface area contributed by atoms with Crippen molar-refractivity contribution in [1.82, 2.24) is 0 Å². The summed E-state index contributed by atoms with van der Waals surface area (Å²) in [5.74, 6) is -0.298. The molecule has 0 atom stereocenters. The standard InChI is InChI=1S/C14H19F3O/c1-4-5-6-10-7-12(14(15,16)17)11(9(2)3)8-13(10)18/h7-9,18H,4-6H2,1-3H3. The zero-order chi connectivity index (χ0) is 13.9. The van der Waals surface area contributed by atoms with Crippen LogP contribution in [0, 0.1) is 0 Å². The smallest absolute Gasteiger partial charge is 0.416 e. The van der Waals surface area contributed by atoms with Gasteiger partial charge in [0.2, 0.25) is 0 Å². The van der Waals surface area contributed by atoms with E-state index < -0.39 is 11.7 Å². The van der Waals surface area contributed by atoms with Crippen LogP contribution >= 0.6 is 0 Å². The molecule has 4 heteroatoms. The number of halogens is 3. The van der Waals surface area contributed by atoms with E-state index in [0.717, 1.165) is 18.9 Å². The van der Waals surface area contributed by atoms with E-state index in [-0.39, 0.29) is 17.2 Å². The fraction of sp³-hybridized carbons (Fsp3) is 0.571. The molecule has 0 amide bonds. The van der Waals surface area contributed by atoms with Crippen molar-refractivity contribution in [3.63, 3.8) is 0 Å². The van der Waals surface area contributed by atoms with Gasteiger partial charge < -0.3 is 5.11 Å². The molecular weight excluding hydrogens is 241 g/mol. The normalized spacial score (nSPS) is 12.2. The van der Waals surface area contributed by atoms with Crippen molar-refractivity contribution in [2.75, 3.05) is 0 Å². The lowest BCUT2D eigenvalue weighted by atomic mass is 9.93. The molecule has 0 radical (unpaired) electrons. The van der Waals surface area contributed by atoms with Crippen molar-refractivity contribution < 1.29 is 18.3 Å². The Kier molecular flexibility index (Phi) is 4.65. The van der Waals surface area contributed by atoms with Crippen LogP contribution in [-0.2, 0) is 12.6 Å². The molecule has 0 saturated heterocycles. The zero-order valence-corrected chi connectivity index (χ0v) is 10.9. The molecular formula is C14H19F3O. The number of aromatic hydroxyl groups is 1. The molecule has 0 spiro atoms. The molecule has 0 saturated carbocycles. The summed E-state index contributed by atoms with van der Waals surface area (Å²) in [5.41, 5.74) is -0.0878. The van der Waals surface area contributed by atoms with Crippen LogP contribution in [0.2, 0.25) is 0 Å². The van der Waals surface area contributed by atoms with Crippen molar-refractivity contribution in [3.8, 4) is 5.75 Å². The number of hydrogen-bond donors (Lipinski definition) is 1. The van der Waals surface area contributed by atoms with Crippen LogP contribution in [-0.4, -0.2) is 5.11 Å². The molecule has 0 unspecified atom stereocenters. The highest BCUT2D eigenvalue weighted by Gasteiger charge is 2.34. The van der Waals surface area contributed by atoms with Gasteiger partial charge in [0.25, 0.3) is 0 Å². The minimum Gasteiger partial charge on any atom is -0.508 e. The summed E-state index contributed by atoms with van der Waals surface area (Å²) in [6.07, 6.45) is -2.24. The van der Waals surface area contributed by atoms with Gasteiger partial charge in [-0.05, 0) is 42.0 Å². The largest absolute Gasteiger partial charge is 0.508 e. The fourth-order valence-electron chi connectivity index (χ4n) is 1.94. The Morgan fingerprint density at radius 2 is 1.83 bits per heavy atom. The van der Waals surface area contributed by atoms with Crippen LogP contribution in [0.4, 0.5) is 13.2 Å². The van der Waals surface area contributed by atoms with Gasteiger partial charge in [0.15, 0.2) is 0 Å². The van der Waals surface area contributed by atoms with E-state index in [1.807, 2.05) is 6.92 Å². The third-order valence-electron chi connectivity index (χ3n) is 2.98. The number of benzene rings is 1. The Hall–Kier alpha value is -1.19.